The van der Waals surface area contributed by atoms with Crippen molar-refractivity contribution in [1.29, 1.82) is 0 Å². The van der Waals surface area contributed by atoms with Gasteiger partial charge in [0.15, 0.2) is 0 Å². The monoisotopic (exact) mass is 417 g/mol. The Labute approximate surface area is 144 Å². The Bertz CT molecular complexity index is 579. The molecule has 112 valence electrons. The molecule has 0 aliphatic carbocycles. The largest absolute Gasteiger partial charge is 0.306 e. The van der Waals surface area contributed by atoms with Gasteiger partial charge in [-0.3, -0.25) is 0 Å². The van der Waals surface area contributed by atoms with Gasteiger partial charge in [0.2, 0.25) is 0 Å². The van der Waals surface area contributed by atoms with Gasteiger partial charge >= 0.3 is 0 Å². The summed E-state index contributed by atoms with van der Waals surface area (Å²) in [6.07, 6.45) is 1.02. The molecule has 1 nitrogen and oxygen atoms in total. The second-order valence-electron chi connectivity index (χ2n) is 5.05. The molecule has 1 N–H and O–H groups in total. The second-order valence-corrected chi connectivity index (χ2v) is 6.65. The molecule has 0 saturated carbocycles. The molecule has 0 aliphatic rings. The van der Waals surface area contributed by atoms with Gasteiger partial charge in [-0.2, -0.15) is 0 Å². The minimum atomic E-state index is -0.212. The number of benzene rings is 2. The molecule has 1 atom stereocenters. The van der Waals surface area contributed by atoms with Crippen molar-refractivity contribution >= 4 is 34.2 Å². The van der Waals surface area contributed by atoms with Crippen LogP contribution in [-0.4, -0.2) is 6.54 Å². The van der Waals surface area contributed by atoms with Gasteiger partial charge in [0.05, 0.1) is 6.04 Å². The zero-order chi connectivity index (χ0) is 15.4. The average Bonchev–Trinajstić information content (AvgIpc) is 2.46. The summed E-state index contributed by atoms with van der Waals surface area (Å²) in [7, 11) is 0. The molecule has 0 aromatic heterocycles. The van der Waals surface area contributed by atoms with Crippen molar-refractivity contribution in [2.45, 2.75) is 26.3 Å². The third kappa shape index (κ3) is 4.18. The summed E-state index contributed by atoms with van der Waals surface area (Å²) in [5, 5.41) is 4.21. The molecule has 0 bridgehead atoms. The number of aryl methyl sites for hydroxylation is 1. The molecule has 2 aromatic carbocycles. The van der Waals surface area contributed by atoms with Crippen LogP contribution in [0.1, 0.15) is 36.1 Å². The average molecular weight is 418 g/mol. The lowest BCUT2D eigenvalue weighted by atomic mass is 9.94. The van der Waals surface area contributed by atoms with Gasteiger partial charge in [0.25, 0.3) is 0 Å². The lowest BCUT2D eigenvalue weighted by molar-refractivity contribution is 0.581. The van der Waals surface area contributed by atoms with E-state index in [1.54, 1.807) is 6.07 Å². The van der Waals surface area contributed by atoms with Crippen LogP contribution in [0.2, 0.25) is 5.02 Å². The zero-order valence-electron chi connectivity index (χ0n) is 12.1. The maximum absolute atomic E-state index is 13.7. The third-order valence-corrected chi connectivity index (χ3v) is 4.64. The van der Waals surface area contributed by atoms with Crippen LogP contribution in [0.15, 0.2) is 36.4 Å². The van der Waals surface area contributed by atoms with E-state index in [2.05, 4.69) is 34.8 Å². The Hall–Kier alpha value is -0.650. The number of nitrogens with one attached hydrogen (secondary N) is 1. The van der Waals surface area contributed by atoms with Gasteiger partial charge < -0.3 is 5.32 Å². The smallest absolute Gasteiger partial charge is 0.123 e. The Balaban J connectivity index is 2.52. The topological polar surface area (TPSA) is 12.0 Å². The van der Waals surface area contributed by atoms with Crippen LogP contribution in [0.5, 0.6) is 0 Å². The molecule has 0 heterocycles. The highest BCUT2D eigenvalue weighted by Gasteiger charge is 2.19. The second kappa shape index (κ2) is 7.56. The summed E-state index contributed by atoms with van der Waals surface area (Å²) >= 11 is 8.45. The first kappa shape index (κ1) is 16.7. The molecule has 0 spiro atoms. The Kier molecular flexibility index (Phi) is 6.02. The quantitative estimate of drug-likeness (QED) is 0.635. The van der Waals surface area contributed by atoms with Crippen LogP contribution >= 0.6 is 34.2 Å². The predicted octanol–water partition coefficient (Wildman–Crippen LogP) is 5.48. The molecule has 2 aromatic rings. The normalized spacial score (nSPS) is 12.4. The van der Waals surface area contributed by atoms with Crippen molar-refractivity contribution < 1.29 is 4.39 Å². The van der Waals surface area contributed by atoms with E-state index in [1.165, 1.54) is 6.07 Å². The number of rotatable bonds is 5. The highest BCUT2D eigenvalue weighted by molar-refractivity contribution is 14.1. The summed E-state index contributed by atoms with van der Waals surface area (Å²) in [4.78, 5) is 0. The van der Waals surface area contributed by atoms with Crippen LogP contribution < -0.4 is 5.32 Å². The van der Waals surface area contributed by atoms with Crippen LogP contribution in [0.25, 0.3) is 0 Å². The molecule has 2 rings (SSSR count). The first-order valence-corrected chi connectivity index (χ1v) is 8.43. The molecule has 0 radical (unpaired) electrons. The van der Waals surface area contributed by atoms with Crippen molar-refractivity contribution in [1.82, 2.24) is 5.32 Å². The van der Waals surface area contributed by atoms with E-state index in [9.17, 15) is 4.39 Å². The van der Waals surface area contributed by atoms with E-state index in [0.29, 0.717) is 5.02 Å². The SMILES string of the molecule is CCCNC(c1cc(F)ccc1C)c1cc(Cl)ccc1I. The summed E-state index contributed by atoms with van der Waals surface area (Å²) in [5.41, 5.74) is 3.12. The molecule has 0 amide bonds. The fraction of sp³-hybridized carbons (Fsp3) is 0.294. The van der Waals surface area contributed by atoms with E-state index < -0.39 is 0 Å². The first-order chi connectivity index (χ1) is 10.0. The van der Waals surface area contributed by atoms with E-state index in [0.717, 1.165) is 33.2 Å². The minimum Gasteiger partial charge on any atom is -0.306 e. The minimum absolute atomic E-state index is 0.0498. The highest BCUT2D eigenvalue weighted by Crippen LogP contribution is 2.31. The summed E-state index contributed by atoms with van der Waals surface area (Å²) in [6, 6.07) is 10.7. The van der Waals surface area contributed by atoms with Crippen LogP contribution in [0, 0.1) is 16.3 Å². The lowest BCUT2D eigenvalue weighted by Crippen LogP contribution is -2.25. The third-order valence-electron chi connectivity index (χ3n) is 3.42. The van der Waals surface area contributed by atoms with Gasteiger partial charge in [-0.25, -0.2) is 4.39 Å². The molecule has 21 heavy (non-hydrogen) atoms. The van der Waals surface area contributed by atoms with Gasteiger partial charge in [-0.1, -0.05) is 24.6 Å². The zero-order valence-corrected chi connectivity index (χ0v) is 15.0. The van der Waals surface area contributed by atoms with E-state index in [4.69, 9.17) is 11.6 Å². The van der Waals surface area contributed by atoms with Gasteiger partial charge in [0.1, 0.15) is 5.82 Å². The Morgan fingerprint density at radius 3 is 2.67 bits per heavy atom. The maximum Gasteiger partial charge on any atom is 0.123 e. The van der Waals surface area contributed by atoms with E-state index in [1.807, 2.05) is 31.2 Å². The fourth-order valence-electron chi connectivity index (χ4n) is 2.33. The lowest BCUT2D eigenvalue weighted by Gasteiger charge is -2.23. The van der Waals surface area contributed by atoms with Crippen LogP contribution in [0.4, 0.5) is 4.39 Å². The van der Waals surface area contributed by atoms with Crippen LogP contribution in [-0.2, 0) is 0 Å². The molecule has 4 heteroatoms. The van der Waals surface area contributed by atoms with E-state index >= 15 is 0 Å². The number of hydrogen-bond donors (Lipinski definition) is 1. The van der Waals surface area contributed by atoms with Crippen molar-refractivity contribution in [3.63, 3.8) is 0 Å². The van der Waals surface area contributed by atoms with Crippen molar-refractivity contribution in [2.75, 3.05) is 6.54 Å². The highest BCUT2D eigenvalue weighted by atomic mass is 127. The van der Waals surface area contributed by atoms with Crippen molar-refractivity contribution in [3.05, 3.63) is 67.5 Å². The predicted molar refractivity (Wildman–Crippen MR) is 95.4 cm³/mol. The molecule has 0 fully saturated rings. The summed E-state index contributed by atoms with van der Waals surface area (Å²) in [6.45, 7) is 4.99. The Morgan fingerprint density at radius 2 is 1.95 bits per heavy atom. The molecule has 1 unspecified atom stereocenters. The maximum atomic E-state index is 13.7. The molecular weight excluding hydrogens is 400 g/mol. The van der Waals surface area contributed by atoms with Crippen molar-refractivity contribution in [3.8, 4) is 0 Å². The number of hydrogen-bond acceptors (Lipinski definition) is 1. The van der Waals surface area contributed by atoms with Gasteiger partial charge in [-0.05, 0) is 89.5 Å². The standard InChI is InChI=1S/C17H18ClFIN/c1-3-8-21-17(14-10-13(19)6-4-11(14)2)15-9-12(18)5-7-16(15)20/h4-7,9-10,17,21H,3,8H2,1-2H3. The molecular formula is C17H18ClFIN. The van der Waals surface area contributed by atoms with Gasteiger partial charge in [0, 0.05) is 8.59 Å². The molecule has 0 saturated heterocycles. The van der Waals surface area contributed by atoms with Crippen LogP contribution in [0.3, 0.4) is 0 Å². The van der Waals surface area contributed by atoms with Gasteiger partial charge in [-0.15, -0.1) is 0 Å². The summed E-state index contributed by atoms with van der Waals surface area (Å²) in [5.74, 6) is -0.212. The fourth-order valence-corrected chi connectivity index (χ4v) is 3.16. The Morgan fingerprint density at radius 1 is 1.19 bits per heavy atom. The van der Waals surface area contributed by atoms with E-state index in [-0.39, 0.29) is 11.9 Å². The number of halogens is 3. The first-order valence-electron chi connectivity index (χ1n) is 6.97. The van der Waals surface area contributed by atoms with Crippen molar-refractivity contribution in [2.24, 2.45) is 0 Å². The molecule has 0 aliphatic heterocycles. The summed E-state index contributed by atoms with van der Waals surface area (Å²) < 4.78 is 14.8.